The van der Waals surface area contributed by atoms with Crippen LogP contribution in [0.5, 0.6) is 11.5 Å². The van der Waals surface area contributed by atoms with Crippen molar-refractivity contribution in [1.29, 1.82) is 0 Å². The summed E-state index contributed by atoms with van der Waals surface area (Å²) in [4.78, 5) is 12.3. The molecular formula is C24H26ClN3O3. The molecule has 6 nitrogen and oxygen atoms in total. The number of hydrogen-bond acceptors (Lipinski definition) is 4. The van der Waals surface area contributed by atoms with E-state index in [0.717, 1.165) is 22.4 Å². The molecule has 1 N–H and O–H groups in total. The summed E-state index contributed by atoms with van der Waals surface area (Å²) in [5.74, 6) is 1.04. The molecule has 0 saturated heterocycles. The van der Waals surface area contributed by atoms with Crippen molar-refractivity contribution in [1.82, 2.24) is 15.1 Å². The fourth-order valence-electron chi connectivity index (χ4n) is 3.13. The predicted octanol–water partition coefficient (Wildman–Crippen LogP) is 4.55. The summed E-state index contributed by atoms with van der Waals surface area (Å²) in [5, 5.41) is 7.87. The van der Waals surface area contributed by atoms with E-state index in [0.29, 0.717) is 29.7 Å². The summed E-state index contributed by atoms with van der Waals surface area (Å²) in [6, 6.07) is 13.7. The van der Waals surface area contributed by atoms with Crippen LogP contribution in [0.3, 0.4) is 0 Å². The molecule has 1 amide bonds. The van der Waals surface area contributed by atoms with Crippen LogP contribution in [0.15, 0.2) is 48.5 Å². The zero-order valence-corrected chi connectivity index (χ0v) is 18.9. The molecule has 1 heterocycles. The molecule has 0 aliphatic rings. The Morgan fingerprint density at radius 3 is 2.42 bits per heavy atom. The average molecular weight is 440 g/mol. The molecule has 0 fully saturated rings. The summed E-state index contributed by atoms with van der Waals surface area (Å²) >= 11 is 6.52. The first kappa shape index (κ1) is 22.4. The van der Waals surface area contributed by atoms with Crippen molar-refractivity contribution in [3.63, 3.8) is 0 Å². The number of nitrogens with zero attached hydrogens (tertiary/aromatic N) is 2. The second-order valence-corrected chi connectivity index (χ2v) is 7.53. The van der Waals surface area contributed by atoms with Gasteiger partial charge in [-0.25, -0.2) is 4.68 Å². The van der Waals surface area contributed by atoms with Crippen LogP contribution < -0.4 is 14.8 Å². The fraction of sp³-hybridized carbons (Fsp3) is 0.250. The molecule has 0 atom stereocenters. The number of ether oxygens (including phenoxy) is 2. The highest BCUT2D eigenvalue weighted by molar-refractivity contribution is 6.31. The van der Waals surface area contributed by atoms with Crippen molar-refractivity contribution in [2.45, 2.75) is 26.9 Å². The first-order valence-electron chi connectivity index (χ1n) is 9.86. The van der Waals surface area contributed by atoms with Crippen LogP contribution in [0, 0.1) is 13.8 Å². The number of aromatic nitrogens is 2. The van der Waals surface area contributed by atoms with Crippen LogP contribution >= 0.6 is 11.6 Å². The predicted molar refractivity (Wildman–Crippen MR) is 123 cm³/mol. The van der Waals surface area contributed by atoms with E-state index in [1.165, 1.54) is 11.6 Å². The van der Waals surface area contributed by atoms with E-state index >= 15 is 0 Å². The minimum absolute atomic E-state index is 0.225. The number of aryl methyl sites for hydroxylation is 2. The SMILES string of the molecule is COc1ccc(CNC(=O)/C=C/c2c(C)nn(Cc3ccc(C)cc3)c2Cl)cc1OC. The standard InChI is InChI=1S/C24H26ClN3O3/c1-16-5-7-18(8-6-16)15-28-24(25)20(17(2)27-28)10-12-23(29)26-14-19-9-11-21(30-3)22(13-19)31-4/h5-13H,14-15H2,1-4H3,(H,26,29)/b12-10+. The van der Waals surface area contributed by atoms with E-state index in [9.17, 15) is 4.79 Å². The summed E-state index contributed by atoms with van der Waals surface area (Å²) < 4.78 is 12.3. The number of amides is 1. The van der Waals surface area contributed by atoms with Gasteiger partial charge in [0.15, 0.2) is 11.5 Å². The van der Waals surface area contributed by atoms with Crippen molar-refractivity contribution < 1.29 is 14.3 Å². The molecular weight excluding hydrogens is 414 g/mol. The van der Waals surface area contributed by atoms with Crippen molar-refractivity contribution in [3.05, 3.63) is 81.6 Å². The molecule has 0 aliphatic heterocycles. The Balaban J connectivity index is 1.64. The highest BCUT2D eigenvalue weighted by atomic mass is 35.5. The van der Waals surface area contributed by atoms with Gasteiger partial charge < -0.3 is 14.8 Å². The number of rotatable bonds is 8. The Kier molecular flexibility index (Phi) is 7.36. The van der Waals surface area contributed by atoms with E-state index < -0.39 is 0 Å². The Bertz CT molecular complexity index is 1090. The first-order valence-corrected chi connectivity index (χ1v) is 10.2. The Morgan fingerprint density at radius 1 is 1.06 bits per heavy atom. The van der Waals surface area contributed by atoms with Gasteiger partial charge in [-0.15, -0.1) is 0 Å². The van der Waals surface area contributed by atoms with Crippen LogP contribution in [-0.2, 0) is 17.9 Å². The van der Waals surface area contributed by atoms with Crippen LogP contribution in [-0.4, -0.2) is 29.9 Å². The maximum Gasteiger partial charge on any atom is 0.244 e. The third kappa shape index (κ3) is 5.67. The lowest BCUT2D eigenvalue weighted by atomic mass is 10.1. The van der Waals surface area contributed by atoms with Gasteiger partial charge in [0.25, 0.3) is 0 Å². The summed E-state index contributed by atoms with van der Waals surface area (Å²) in [5.41, 5.74) is 4.71. The van der Waals surface area contributed by atoms with Gasteiger partial charge in [0.1, 0.15) is 5.15 Å². The zero-order valence-electron chi connectivity index (χ0n) is 18.1. The van der Waals surface area contributed by atoms with E-state index in [1.54, 1.807) is 25.0 Å². The van der Waals surface area contributed by atoms with Crippen molar-refractivity contribution in [2.75, 3.05) is 14.2 Å². The van der Waals surface area contributed by atoms with Gasteiger partial charge in [-0.1, -0.05) is 47.5 Å². The molecule has 2 aromatic carbocycles. The molecule has 0 unspecified atom stereocenters. The third-order valence-corrected chi connectivity index (χ3v) is 5.28. The topological polar surface area (TPSA) is 65.4 Å². The third-order valence-electron chi connectivity index (χ3n) is 4.88. The molecule has 0 saturated carbocycles. The highest BCUT2D eigenvalue weighted by Gasteiger charge is 2.12. The molecule has 0 radical (unpaired) electrons. The minimum Gasteiger partial charge on any atom is -0.493 e. The second kappa shape index (κ2) is 10.2. The summed E-state index contributed by atoms with van der Waals surface area (Å²) in [7, 11) is 3.16. The molecule has 31 heavy (non-hydrogen) atoms. The van der Waals surface area contributed by atoms with Crippen LogP contribution in [0.4, 0.5) is 0 Å². The number of halogens is 1. The lowest BCUT2D eigenvalue weighted by Crippen LogP contribution is -2.20. The molecule has 0 bridgehead atoms. The van der Waals surface area contributed by atoms with Gasteiger partial charge in [0.05, 0.1) is 26.5 Å². The maximum atomic E-state index is 12.3. The second-order valence-electron chi connectivity index (χ2n) is 7.17. The Hall–Kier alpha value is -3.25. The quantitative estimate of drug-likeness (QED) is 0.523. The molecule has 1 aromatic heterocycles. The van der Waals surface area contributed by atoms with E-state index in [-0.39, 0.29) is 5.91 Å². The zero-order chi connectivity index (χ0) is 22.4. The summed E-state index contributed by atoms with van der Waals surface area (Å²) in [6.07, 6.45) is 3.16. The first-order chi connectivity index (χ1) is 14.9. The molecule has 162 valence electrons. The van der Waals surface area contributed by atoms with Crippen molar-refractivity contribution >= 4 is 23.6 Å². The van der Waals surface area contributed by atoms with Gasteiger partial charge in [0.2, 0.25) is 5.91 Å². The lowest BCUT2D eigenvalue weighted by Gasteiger charge is -2.09. The van der Waals surface area contributed by atoms with Crippen LogP contribution in [0.2, 0.25) is 5.15 Å². The minimum atomic E-state index is -0.225. The fourth-order valence-corrected chi connectivity index (χ4v) is 3.42. The Morgan fingerprint density at radius 2 is 1.74 bits per heavy atom. The van der Waals surface area contributed by atoms with Crippen LogP contribution in [0.1, 0.15) is 27.9 Å². The van der Waals surface area contributed by atoms with E-state index in [2.05, 4.69) is 34.7 Å². The molecule has 0 aliphatic carbocycles. The number of hydrogen-bond donors (Lipinski definition) is 1. The lowest BCUT2D eigenvalue weighted by molar-refractivity contribution is -0.116. The number of carbonyl (C=O) groups is 1. The number of nitrogens with one attached hydrogen (secondary N) is 1. The van der Waals surface area contributed by atoms with Crippen molar-refractivity contribution in [2.24, 2.45) is 0 Å². The molecule has 3 aromatic rings. The van der Waals surface area contributed by atoms with Crippen molar-refractivity contribution in [3.8, 4) is 11.5 Å². The van der Waals surface area contributed by atoms with Crippen LogP contribution in [0.25, 0.3) is 6.08 Å². The number of benzene rings is 2. The van der Waals surface area contributed by atoms with Gasteiger partial charge in [0, 0.05) is 18.2 Å². The van der Waals surface area contributed by atoms with Gasteiger partial charge in [-0.2, -0.15) is 5.10 Å². The van der Waals surface area contributed by atoms with Gasteiger partial charge >= 0.3 is 0 Å². The largest absolute Gasteiger partial charge is 0.493 e. The smallest absolute Gasteiger partial charge is 0.244 e. The monoisotopic (exact) mass is 439 g/mol. The highest BCUT2D eigenvalue weighted by Crippen LogP contribution is 2.27. The Labute approximate surface area is 187 Å². The molecule has 7 heteroatoms. The van der Waals surface area contributed by atoms with E-state index in [4.69, 9.17) is 21.1 Å². The van der Waals surface area contributed by atoms with Gasteiger partial charge in [-0.05, 0) is 43.2 Å². The average Bonchev–Trinajstić information content (AvgIpc) is 3.04. The number of methoxy groups -OCH3 is 2. The summed E-state index contributed by atoms with van der Waals surface area (Å²) in [6.45, 7) is 4.86. The normalized spacial score (nSPS) is 11.0. The molecule has 0 spiro atoms. The van der Waals surface area contributed by atoms with Gasteiger partial charge in [-0.3, -0.25) is 4.79 Å². The molecule has 3 rings (SSSR count). The van der Waals surface area contributed by atoms with E-state index in [1.807, 2.05) is 32.0 Å². The number of carbonyl (C=O) groups excluding carboxylic acids is 1. The maximum absolute atomic E-state index is 12.3.